The van der Waals surface area contributed by atoms with E-state index in [0.29, 0.717) is 0 Å². The summed E-state index contributed by atoms with van der Waals surface area (Å²) in [4.78, 5) is 0. The van der Waals surface area contributed by atoms with Crippen molar-refractivity contribution in [3.05, 3.63) is 35.4 Å². The highest BCUT2D eigenvalue weighted by Crippen LogP contribution is 2.07. The van der Waals surface area contributed by atoms with Gasteiger partial charge < -0.3 is 5.73 Å². The zero-order valence-electron chi connectivity index (χ0n) is 9.73. The molecule has 3 N–H and O–H groups in total. The molecule has 0 aliphatic rings. The lowest BCUT2D eigenvalue weighted by atomic mass is 10.1. The summed E-state index contributed by atoms with van der Waals surface area (Å²) in [6, 6.07) is 7.40. The monoisotopic (exact) mass is 252 g/mol. The molecule has 0 aromatic heterocycles. The van der Waals surface area contributed by atoms with Crippen molar-refractivity contribution < 1.29 is 8.42 Å². The van der Waals surface area contributed by atoms with Gasteiger partial charge in [-0.15, -0.1) is 0 Å². The summed E-state index contributed by atoms with van der Waals surface area (Å²) in [5.74, 6) is 5.75. The van der Waals surface area contributed by atoms with Crippen molar-refractivity contribution >= 4 is 10.0 Å². The highest BCUT2D eigenvalue weighted by molar-refractivity contribution is 7.89. The second-order valence-corrected chi connectivity index (χ2v) is 5.48. The number of sulfonamides is 1. The Morgan fingerprint density at radius 3 is 2.71 bits per heavy atom. The van der Waals surface area contributed by atoms with E-state index >= 15 is 0 Å². The SMILES string of the molecule is CCS(=O)(=O)NCc1ccccc1C#CCN. The van der Waals surface area contributed by atoms with Crippen LogP contribution < -0.4 is 10.5 Å². The summed E-state index contributed by atoms with van der Waals surface area (Å²) in [6.45, 7) is 2.14. The van der Waals surface area contributed by atoms with E-state index in [9.17, 15) is 8.42 Å². The molecule has 0 atom stereocenters. The summed E-state index contributed by atoms with van der Waals surface area (Å²) >= 11 is 0. The summed E-state index contributed by atoms with van der Waals surface area (Å²) < 4.78 is 25.2. The second-order valence-electron chi connectivity index (χ2n) is 3.39. The third-order valence-corrected chi connectivity index (χ3v) is 3.55. The number of nitrogens with two attached hydrogens (primary N) is 1. The largest absolute Gasteiger partial charge is 0.320 e. The van der Waals surface area contributed by atoms with Crippen LogP contribution in [0.2, 0.25) is 0 Å². The first-order chi connectivity index (χ1) is 8.09. The first kappa shape index (κ1) is 13.7. The van der Waals surface area contributed by atoms with Crippen LogP contribution in [0.4, 0.5) is 0 Å². The molecule has 17 heavy (non-hydrogen) atoms. The smallest absolute Gasteiger partial charge is 0.211 e. The van der Waals surface area contributed by atoms with Crippen molar-refractivity contribution in [2.75, 3.05) is 12.3 Å². The van der Waals surface area contributed by atoms with Crippen LogP contribution in [0.15, 0.2) is 24.3 Å². The average Bonchev–Trinajstić information content (AvgIpc) is 2.35. The van der Waals surface area contributed by atoms with Crippen molar-refractivity contribution in [3.63, 3.8) is 0 Å². The topological polar surface area (TPSA) is 72.2 Å². The first-order valence-corrected chi connectivity index (χ1v) is 6.98. The minimum atomic E-state index is -3.18. The fourth-order valence-corrected chi connectivity index (χ4v) is 1.81. The Kier molecular flexibility index (Phi) is 5.16. The minimum absolute atomic E-state index is 0.0731. The van der Waals surface area contributed by atoms with Crippen LogP contribution in [0.5, 0.6) is 0 Å². The van der Waals surface area contributed by atoms with Crippen molar-refractivity contribution in [3.8, 4) is 11.8 Å². The molecule has 0 bridgehead atoms. The van der Waals surface area contributed by atoms with Gasteiger partial charge in [-0.05, 0) is 18.6 Å². The molecule has 1 aromatic carbocycles. The van der Waals surface area contributed by atoms with E-state index in [2.05, 4.69) is 16.6 Å². The molecule has 0 saturated carbocycles. The van der Waals surface area contributed by atoms with Gasteiger partial charge in [0.25, 0.3) is 0 Å². The highest BCUT2D eigenvalue weighted by atomic mass is 32.2. The molecule has 0 spiro atoms. The quantitative estimate of drug-likeness (QED) is 0.764. The van der Waals surface area contributed by atoms with Gasteiger partial charge in [0.15, 0.2) is 0 Å². The lowest BCUT2D eigenvalue weighted by Crippen LogP contribution is -2.25. The van der Waals surface area contributed by atoms with Crippen LogP contribution in [0.3, 0.4) is 0 Å². The van der Waals surface area contributed by atoms with E-state index < -0.39 is 10.0 Å². The number of hydrogen-bond donors (Lipinski definition) is 2. The van der Waals surface area contributed by atoms with E-state index in [1.807, 2.05) is 24.3 Å². The van der Waals surface area contributed by atoms with Crippen molar-refractivity contribution in [2.24, 2.45) is 5.73 Å². The number of benzene rings is 1. The Morgan fingerprint density at radius 2 is 2.06 bits per heavy atom. The molecule has 0 radical (unpaired) electrons. The summed E-state index contributed by atoms with van der Waals surface area (Å²) in [7, 11) is -3.18. The zero-order valence-corrected chi connectivity index (χ0v) is 10.5. The molecule has 0 fully saturated rings. The molecular formula is C12H16N2O2S. The van der Waals surface area contributed by atoms with Crippen LogP contribution in [0.1, 0.15) is 18.1 Å². The van der Waals surface area contributed by atoms with Crippen LogP contribution in [-0.4, -0.2) is 20.7 Å². The third kappa shape index (κ3) is 4.57. The molecule has 4 nitrogen and oxygen atoms in total. The molecule has 1 rings (SSSR count). The van der Waals surface area contributed by atoms with Crippen molar-refractivity contribution in [1.29, 1.82) is 0 Å². The van der Waals surface area contributed by atoms with E-state index in [1.165, 1.54) is 0 Å². The maximum absolute atomic E-state index is 11.3. The molecule has 0 aliphatic heterocycles. The second kappa shape index (κ2) is 6.40. The fraction of sp³-hybridized carbons (Fsp3) is 0.333. The molecular weight excluding hydrogens is 236 g/mol. The minimum Gasteiger partial charge on any atom is -0.320 e. The summed E-state index contributed by atoms with van der Waals surface area (Å²) in [5, 5.41) is 0. The van der Waals surface area contributed by atoms with Gasteiger partial charge in [-0.3, -0.25) is 0 Å². The van der Waals surface area contributed by atoms with E-state index in [0.717, 1.165) is 11.1 Å². The molecule has 0 aliphatic carbocycles. The molecule has 0 unspecified atom stereocenters. The Labute approximate surface area is 102 Å². The Bertz CT molecular complexity index is 527. The van der Waals surface area contributed by atoms with Gasteiger partial charge in [0.2, 0.25) is 10.0 Å². The lowest BCUT2D eigenvalue weighted by molar-refractivity contribution is 0.582. The predicted octanol–water partition coefficient (Wildman–Crippen LogP) is 0.436. The molecule has 1 aromatic rings. The molecule has 92 valence electrons. The van der Waals surface area contributed by atoms with E-state index in [-0.39, 0.29) is 18.8 Å². The maximum Gasteiger partial charge on any atom is 0.211 e. The average molecular weight is 252 g/mol. The first-order valence-electron chi connectivity index (χ1n) is 5.33. The maximum atomic E-state index is 11.3. The van der Waals surface area contributed by atoms with Gasteiger partial charge in [0.1, 0.15) is 0 Å². The van der Waals surface area contributed by atoms with Crippen LogP contribution in [0, 0.1) is 11.8 Å². The fourth-order valence-electron chi connectivity index (χ4n) is 1.23. The van der Waals surface area contributed by atoms with Crippen LogP contribution >= 0.6 is 0 Å². The highest BCUT2D eigenvalue weighted by Gasteiger charge is 2.07. The van der Waals surface area contributed by atoms with Crippen LogP contribution in [-0.2, 0) is 16.6 Å². The summed E-state index contributed by atoms with van der Waals surface area (Å²) in [6.07, 6.45) is 0. The summed E-state index contributed by atoms with van der Waals surface area (Å²) in [5.41, 5.74) is 6.96. The predicted molar refractivity (Wildman–Crippen MR) is 68.7 cm³/mol. The van der Waals surface area contributed by atoms with Gasteiger partial charge in [-0.2, -0.15) is 0 Å². The number of rotatable bonds is 4. The van der Waals surface area contributed by atoms with Gasteiger partial charge >= 0.3 is 0 Å². The number of nitrogens with one attached hydrogen (secondary N) is 1. The van der Waals surface area contributed by atoms with Gasteiger partial charge in [0.05, 0.1) is 12.3 Å². The van der Waals surface area contributed by atoms with E-state index in [1.54, 1.807) is 6.92 Å². The Morgan fingerprint density at radius 1 is 1.35 bits per heavy atom. The Hall–Kier alpha value is -1.35. The Balaban J connectivity index is 2.84. The number of hydrogen-bond acceptors (Lipinski definition) is 3. The lowest BCUT2D eigenvalue weighted by Gasteiger charge is -2.06. The standard InChI is InChI=1S/C12H16N2O2S/c1-2-17(15,16)14-10-12-7-4-3-6-11(12)8-5-9-13/h3-4,6-7,14H,2,9-10,13H2,1H3. The third-order valence-electron chi connectivity index (χ3n) is 2.21. The molecule has 0 heterocycles. The molecule has 0 amide bonds. The van der Waals surface area contributed by atoms with Gasteiger partial charge in [-0.1, -0.05) is 30.0 Å². The molecule has 0 saturated heterocycles. The van der Waals surface area contributed by atoms with E-state index in [4.69, 9.17) is 5.73 Å². The molecule has 5 heteroatoms. The van der Waals surface area contributed by atoms with Crippen LogP contribution in [0.25, 0.3) is 0 Å². The van der Waals surface area contributed by atoms with Gasteiger partial charge in [0, 0.05) is 12.1 Å². The van der Waals surface area contributed by atoms with Gasteiger partial charge in [-0.25, -0.2) is 13.1 Å². The normalized spacial score (nSPS) is 10.7. The zero-order chi connectivity index (χ0) is 12.7. The van der Waals surface area contributed by atoms with Crippen molar-refractivity contribution in [1.82, 2.24) is 4.72 Å². The van der Waals surface area contributed by atoms with Crippen molar-refractivity contribution in [2.45, 2.75) is 13.5 Å².